The fourth-order valence-corrected chi connectivity index (χ4v) is 6.27. The van der Waals surface area contributed by atoms with Crippen LogP contribution < -0.4 is 19.5 Å². The monoisotopic (exact) mass is 706 g/mol. The molecule has 6 aromatic carbocycles. The smallest absolute Gasteiger partial charge is 0.281 e. The van der Waals surface area contributed by atoms with Gasteiger partial charge in [-0.05, 0) is 48.6 Å². The summed E-state index contributed by atoms with van der Waals surface area (Å²) in [6.45, 7) is 0.457. The Morgan fingerprint density at radius 2 is 0.759 bits per heavy atom. The molecule has 6 aromatic rings. The molecule has 262 valence electrons. The van der Waals surface area contributed by atoms with E-state index in [1.807, 2.05) is 182 Å². The van der Waals surface area contributed by atoms with E-state index in [0.717, 1.165) is 22.3 Å². The predicted molar refractivity (Wildman–Crippen MR) is 214 cm³/mol. The lowest BCUT2D eigenvalue weighted by Gasteiger charge is -2.13. The second-order valence-corrected chi connectivity index (χ2v) is 12.4. The molecule has 0 radical (unpaired) electrons. The molecule has 2 aliphatic rings. The first-order chi connectivity index (χ1) is 26.6. The third kappa shape index (κ3) is 7.09. The number of hydrogen-bond donors (Lipinski definition) is 0. The van der Waals surface area contributed by atoms with Crippen molar-refractivity contribution in [3.63, 3.8) is 0 Å². The number of hydrazone groups is 2. The fraction of sp³-hybridized carbons (Fsp3) is 0.0435. The highest BCUT2D eigenvalue weighted by molar-refractivity contribution is 6.38. The van der Waals surface area contributed by atoms with Crippen LogP contribution in [-0.4, -0.2) is 36.5 Å². The van der Waals surface area contributed by atoms with Crippen molar-refractivity contribution in [3.8, 4) is 11.5 Å². The van der Waals surface area contributed by atoms with Crippen LogP contribution in [-0.2, 0) is 9.59 Å². The lowest BCUT2D eigenvalue weighted by molar-refractivity contribution is -0.115. The number of rotatable bonds is 11. The van der Waals surface area contributed by atoms with Crippen LogP contribution in [0.2, 0.25) is 0 Å². The lowest BCUT2D eigenvalue weighted by Crippen LogP contribution is -2.21. The van der Waals surface area contributed by atoms with Gasteiger partial charge in [-0.25, -0.2) is 0 Å². The molecule has 0 aliphatic carbocycles. The van der Waals surface area contributed by atoms with E-state index in [4.69, 9.17) is 19.7 Å². The third-order valence-electron chi connectivity index (χ3n) is 8.89. The van der Waals surface area contributed by atoms with Crippen LogP contribution in [0, 0.1) is 0 Å². The van der Waals surface area contributed by atoms with E-state index in [2.05, 4.69) is 0 Å². The summed E-state index contributed by atoms with van der Waals surface area (Å²) in [6.07, 6.45) is 3.66. The Kier molecular flexibility index (Phi) is 9.71. The van der Waals surface area contributed by atoms with E-state index in [9.17, 15) is 9.59 Å². The molecule has 0 N–H and O–H groups in total. The van der Waals surface area contributed by atoms with Gasteiger partial charge in [0, 0.05) is 22.3 Å². The predicted octanol–water partition coefficient (Wildman–Crippen LogP) is 8.81. The van der Waals surface area contributed by atoms with Crippen LogP contribution in [0.5, 0.6) is 11.5 Å². The Hall–Kier alpha value is -7.32. The zero-order valence-electron chi connectivity index (χ0n) is 29.2. The molecular weight excluding hydrogens is 673 g/mol. The molecule has 8 nitrogen and oxygen atoms in total. The van der Waals surface area contributed by atoms with Gasteiger partial charge in [0.05, 0.1) is 22.5 Å². The van der Waals surface area contributed by atoms with Crippen molar-refractivity contribution in [3.05, 3.63) is 203 Å². The molecule has 0 saturated heterocycles. The normalized spacial score (nSPS) is 15.5. The van der Waals surface area contributed by atoms with Gasteiger partial charge in [-0.3, -0.25) is 9.59 Å². The fourth-order valence-electron chi connectivity index (χ4n) is 6.27. The van der Waals surface area contributed by atoms with Crippen molar-refractivity contribution >= 4 is 46.8 Å². The molecule has 0 saturated carbocycles. The van der Waals surface area contributed by atoms with E-state index in [1.54, 1.807) is 0 Å². The van der Waals surface area contributed by atoms with E-state index in [-0.39, 0.29) is 25.0 Å². The number of carbonyl (C=O) groups is 2. The highest BCUT2D eigenvalue weighted by Crippen LogP contribution is 2.32. The first-order valence-electron chi connectivity index (χ1n) is 17.6. The van der Waals surface area contributed by atoms with Crippen LogP contribution in [0.3, 0.4) is 0 Å². The summed E-state index contributed by atoms with van der Waals surface area (Å²) in [5.74, 6) is 0.751. The quantitative estimate of drug-likeness (QED) is 0.0996. The number of hydrogen-bond acceptors (Lipinski definition) is 6. The van der Waals surface area contributed by atoms with Crippen molar-refractivity contribution in [1.82, 2.24) is 0 Å². The molecule has 2 amide bonds. The Morgan fingerprint density at radius 3 is 1.15 bits per heavy atom. The molecule has 2 aliphatic heterocycles. The molecule has 0 atom stereocenters. The summed E-state index contributed by atoms with van der Waals surface area (Å²) in [7, 11) is 0. The zero-order valence-corrected chi connectivity index (χ0v) is 29.2. The number of nitrogens with zero attached hydrogens (tertiary/aromatic N) is 4. The number of amides is 2. The maximum absolute atomic E-state index is 13.8. The van der Waals surface area contributed by atoms with Gasteiger partial charge in [0.2, 0.25) is 0 Å². The van der Waals surface area contributed by atoms with E-state index < -0.39 is 0 Å². The van der Waals surface area contributed by atoms with Gasteiger partial charge >= 0.3 is 0 Å². The summed E-state index contributed by atoms with van der Waals surface area (Å²) in [6, 6.07) is 53.3. The summed E-state index contributed by atoms with van der Waals surface area (Å²) < 4.78 is 12.5. The van der Waals surface area contributed by atoms with Crippen molar-refractivity contribution in [2.45, 2.75) is 0 Å². The highest BCUT2D eigenvalue weighted by Gasteiger charge is 2.33. The second kappa shape index (κ2) is 15.5. The molecule has 0 bridgehead atoms. The zero-order chi connectivity index (χ0) is 36.7. The lowest BCUT2D eigenvalue weighted by atomic mass is 10.00. The highest BCUT2D eigenvalue weighted by atomic mass is 16.5. The number of carbonyl (C=O) groups excluding carboxylic acids is 2. The van der Waals surface area contributed by atoms with Crippen LogP contribution >= 0.6 is 0 Å². The topological polar surface area (TPSA) is 83.8 Å². The van der Waals surface area contributed by atoms with E-state index >= 15 is 0 Å². The van der Waals surface area contributed by atoms with Gasteiger partial charge in [0.1, 0.15) is 36.1 Å². The molecule has 2 heterocycles. The molecule has 8 rings (SSSR count). The van der Waals surface area contributed by atoms with E-state index in [0.29, 0.717) is 45.4 Å². The SMILES string of the molecule is O=C1/C(=C\c2ccccc2OCCOc2ccccc2/C=C2\C(=O)N(c3ccccc3)N=C2c2ccccc2)C(c2ccccc2)=NN1c1ccccc1. The second-order valence-electron chi connectivity index (χ2n) is 12.4. The molecule has 0 spiro atoms. The third-order valence-corrected chi connectivity index (χ3v) is 8.89. The number of benzene rings is 6. The van der Waals surface area contributed by atoms with Gasteiger partial charge in [-0.2, -0.15) is 20.2 Å². The summed E-state index contributed by atoms with van der Waals surface area (Å²) >= 11 is 0. The standard InChI is InChI=1S/C46H34N4O4/c51-45-39(43(33-17-5-1-6-18-33)47-49(45)37-23-9-3-10-24-37)31-35-21-13-15-27-41(35)53-29-30-54-42-28-16-14-22-36(42)32-40-44(34-19-7-2-8-20-34)48-50(46(40)52)38-25-11-4-12-26-38/h1-28,31-32H,29-30H2/b39-31-,40-32-. The van der Waals surface area contributed by atoms with Gasteiger partial charge < -0.3 is 9.47 Å². The largest absolute Gasteiger partial charge is 0.489 e. The first kappa shape index (κ1) is 33.8. The minimum atomic E-state index is -0.225. The van der Waals surface area contributed by atoms with Crippen LogP contribution in [0.15, 0.2) is 191 Å². The maximum Gasteiger partial charge on any atom is 0.281 e. The molecule has 0 fully saturated rings. The summed E-state index contributed by atoms with van der Waals surface area (Å²) in [5.41, 5.74) is 6.62. The Balaban J connectivity index is 1.01. The minimum absolute atomic E-state index is 0.225. The summed E-state index contributed by atoms with van der Waals surface area (Å²) in [5, 5.41) is 12.4. The summed E-state index contributed by atoms with van der Waals surface area (Å²) in [4.78, 5) is 27.7. The average molecular weight is 707 g/mol. The number of para-hydroxylation sites is 4. The Bertz CT molecular complexity index is 2250. The molecule has 0 unspecified atom stereocenters. The first-order valence-corrected chi connectivity index (χ1v) is 17.6. The van der Waals surface area contributed by atoms with Gasteiger partial charge in [-0.1, -0.05) is 133 Å². The van der Waals surface area contributed by atoms with Crippen molar-refractivity contribution in [2.24, 2.45) is 10.2 Å². The number of ether oxygens (including phenoxy) is 2. The Labute approximate surface area is 313 Å². The Morgan fingerprint density at radius 1 is 0.426 bits per heavy atom. The number of anilines is 2. The molecule has 8 heteroatoms. The average Bonchev–Trinajstić information content (AvgIpc) is 3.74. The molecule has 54 heavy (non-hydrogen) atoms. The molecule has 0 aromatic heterocycles. The van der Waals surface area contributed by atoms with Crippen molar-refractivity contribution < 1.29 is 19.1 Å². The van der Waals surface area contributed by atoms with E-state index in [1.165, 1.54) is 10.0 Å². The maximum atomic E-state index is 13.8. The van der Waals surface area contributed by atoms with Gasteiger partial charge in [-0.15, -0.1) is 0 Å². The van der Waals surface area contributed by atoms with Crippen molar-refractivity contribution in [2.75, 3.05) is 23.2 Å². The van der Waals surface area contributed by atoms with Crippen LogP contribution in [0.4, 0.5) is 11.4 Å². The molecular formula is C46H34N4O4. The van der Waals surface area contributed by atoms with Crippen molar-refractivity contribution in [1.29, 1.82) is 0 Å². The van der Waals surface area contributed by atoms with Gasteiger partial charge in [0.25, 0.3) is 11.8 Å². The van der Waals surface area contributed by atoms with Gasteiger partial charge in [0.15, 0.2) is 0 Å². The van der Waals surface area contributed by atoms with Crippen LogP contribution in [0.25, 0.3) is 12.2 Å². The minimum Gasteiger partial charge on any atom is -0.489 e. The van der Waals surface area contributed by atoms with Crippen LogP contribution in [0.1, 0.15) is 22.3 Å².